The molecular weight excluding hydrogens is 285 g/mol. The lowest BCUT2D eigenvalue weighted by Gasteiger charge is -2.07. The van der Waals surface area contributed by atoms with E-state index in [1.165, 1.54) is 6.20 Å². The summed E-state index contributed by atoms with van der Waals surface area (Å²) in [7, 11) is 0. The highest BCUT2D eigenvalue weighted by molar-refractivity contribution is 9.10. The maximum atomic E-state index is 11.5. The molecule has 0 radical (unpaired) electrons. The molecule has 0 aliphatic rings. The number of nitrogens with zero attached hydrogens (tertiary/aromatic N) is 1. The van der Waals surface area contributed by atoms with Crippen molar-refractivity contribution in [2.75, 3.05) is 6.61 Å². The van der Waals surface area contributed by atoms with Crippen LogP contribution < -0.4 is 0 Å². The first-order valence-corrected chi connectivity index (χ1v) is 5.25. The fourth-order valence-electron chi connectivity index (χ4n) is 0.998. The Kier molecular flexibility index (Phi) is 4.23. The van der Waals surface area contributed by atoms with E-state index in [-0.39, 0.29) is 22.9 Å². The van der Waals surface area contributed by atoms with Crippen molar-refractivity contribution in [3.8, 4) is 0 Å². The minimum absolute atomic E-state index is 0.0174. The van der Waals surface area contributed by atoms with Gasteiger partial charge in [-0.25, -0.2) is 9.78 Å². The summed E-state index contributed by atoms with van der Waals surface area (Å²) in [4.78, 5) is 26.0. The van der Waals surface area contributed by atoms with Crippen molar-refractivity contribution >= 4 is 39.8 Å². The van der Waals surface area contributed by atoms with Crippen LogP contribution in [-0.4, -0.2) is 23.8 Å². The van der Waals surface area contributed by atoms with E-state index >= 15 is 0 Å². The van der Waals surface area contributed by atoms with Gasteiger partial charge in [0.1, 0.15) is 5.15 Å². The largest absolute Gasteiger partial charge is 0.462 e. The Morgan fingerprint density at radius 3 is 2.93 bits per heavy atom. The number of carbonyl (C=O) groups excluding carboxylic acids is 2. The smallest absolute Gasteiger partial charge is 0.340 e. The Morgan fingerprint density at radius 2 is 2.40 bits per heavy atom. The number of aldehydes is 1. The first kappa shape index (κ1) is 12.1. The number of halogens is 2. The summed E-state index contributed by atoms with van der Waals surface area (Å²) < 4.78 is 5.17. The number of aromatic nitrogens is 1. The van der Waals surface area contributed by atoms with Crippen LogP contribution >= 0.6 is 27.5 Å². The van der Waals surface area contributed by atoms with E-state index in [4.69, 9.17) is 16.3 Å². The Hall–Kier alpha value is -0.940. The topological polar surface area (TPSA) is 56.3 Å². The molecule has 0 unspecified atom stereocenters. The molecule has 0 aliphatic carbocycles. The van der Waals surface area contributed by atoms with E-state index in [0.29, 0.717) is 10.8 Å². The molecule has 80 valence electrons. The van der Waals surface area contributed by atoms with Crippen molar-refractivity contribution in [2.24, 2.45) is 0 Å². The zero-order chi connectivity index (χ0) is 11.4. The normalized spacial score (nSPS) is 9.80. The zero-order valence-corrected chi connectivity index (χ0v) is 10.1. The monoisotopic (exact) mass is 291 g/mol. The molecule has 15 heavy (non-hydrogen) atoms. The first-order chi connectivity index (χ1) is 7.11. The Balaban J connectivity index is 3.31. The van der Waals surface area contributed by atoms with E-state index in [0.717, 1.165) is 0 Å². The van der Waals surface area contributed by atoms with Crippen LogP contribution in [0, 0.1) is 0 Å². The maximum absolute atomic E-state index is 11.5. The molecule has 0 N–H and O–H groups in total. The standard InChI is InChI=1S/C9H7BrClNO3/c1-2-15-9(14)7-5(4-13)8(11)12-3-6(7)10/h3-4H,2H2,1H3. The van der Waals surface area contributed by atoms with Crippen LogP contribution in [0.1, 0.15) is 27.6 Å². The summed E-state index contributed by atoms with van der Waals surface area (Å²) in [5.41, 5.74) is 0.136. The van der Waals surface area contributed by atoms with Crippen molar-refractivity contribution in [2.45, 2.75) is 6.92 Å². The molecule has 1 aromatic heterocycles. The predicted octanol–water partition coefficient (Wildman–Crippen LogP) is 2.49. The van der Waals surface area contributed by atoms with E-state index < -0.39 is 5.97 Å². The second-order valence-corrected chi connectivity index (χ2v) is 3.74. The van der Waals surface area contributed by atoms with Crippen molar-refractivity contribution in [3.63, 3.8) is 0 Å². The van der Waals surface area contributed by atoms with Crippen molar-refractivity contribution < 1.29 is 14.3 Å². The molecule has 1 heterocycles. The molecule has 6 heteroatoms. The number of hydrogen-bond acceptors (Lipinski definition) is 4. The summed E-state index contributed by atoms with van der Waals surface area (Å²) in [6, 6.07) is 0. The third kappa shape index (κ3) is 2.54. The van der Waals surface area contributed by atoms with Gasteiger partial charge in [0, 0.05) is 6.20 Å². The quantitative estimate of drug-likeness (QED) is 0.488. The van der Waals surface area contributed by atoms with Gasteiger partial charge in [0.15, 0.2) is 6.29 Å². The van der Waals surface area contributed by atoms with E-state index in [1.807, 2.05) is 0 Å². The van der Waals surface area contributed by atoms with Crippen LogP contribution in [0.15, 0.2) is 10.7 Å². The fourth-order valence-corrected chi connectivity index (χ4v) is 1.66. The van der Waals surface area contributed by atoms with Crippen LogP contribution in [-0.2, 0) is 4.74 Å². The summed E-state index contributed by atoms with van der Waals surface area (Å²) in [6.45, 7) is 1.90. The van der Waals surface area contributed by atoms with Gasteiger partial charge >= 0.3 is 5.97 Å². The van der Waals surface area contributed by atoms with Crippen molar-refractivity contribution in [1.29, 1.82) is 0 Å². The summed E-state index contributed by atoms with van der Waals surface area (Å²) in [5.74, 6) is -0.601. The van der Waals surface area contributed by atoms with Crippen molar-refractivity contribution in [1.82, 2.24) is 4.98 Å². The molecule has 0 saturated carbocycles. The van der Waals surface area contributed by atoms with Gasteiger partial charge in [0.05, 0.1) is 22.2 Å². The number of esters is 1. The lowest BCUT2D eigenvalue weighted by Crippen LogP contribution is -2.10. The third-order valence-electron chi connectivity index (χ3n) is 1.62. The van der Waals surface area contributed by atoms with Crippen molar-refractivity contribution in [3.05, 3.63) is 26.9 Å². The second kappa shape index (κ2) is 5.23. The molecule has 1 aromatic rings. The molecule has 0 fully saturated rings. The summed E-state index contributed by atoms with van der Waals surface area (Å²) in [6.07, 6.45) is 1.83. The Morgan fingerprint density at radius 1 is 1.73 bits per heavy atom. The average Bonchev–Trinajstić information content (AvgIpc) is 2.21. The molecule has 0 aromatic carbocycles. The summed E-state index contributed by atoms with van der Waals surface area (Å²) in [5, 5.41) is -0.0174. The highest BCUT2D eigenvalue weighted by Gasteiger charge is 2.19. The van der Waals surface area contributed by atoms with Crippen LogP contribution in [0.2, 0.25) is 5.15 Å². The zero-order valence-electron chi connectivity index (χ0n) is 7.79. The number of carbonyl (C=O) groups is 2. The molecule has 4 nitrogen and oxygen atoms in total. The Labute approximate surface area is 99.7 Å². The van der Waals surface area contributed by atoms with Gasteiger partial charge in [-0.05, 0) is 22.9 Å². The molecule has 0 saturated heterocycles. The highest BCUT2D eigenvalue weighted by atomic mass is 79.9. The molecule has 0 bridgehead atoms. The molecule has 0 atom stereocenters. The van der Waals surface area contributed by atoms with Crippen LogP contribution in [0.3, 0.4) is 0 Å². The summed E-state index contributed by atoms with van der Waals surface area (Å²) >= 11 is 8.79. The van der Waals surface area contributed by atoms with Crippen LogP contribution in [0.25, 0.3) is 0 Å². The van der Waals surface area contributed by atoms with Gasteiger partial charge in [-0.3, -0.25) is 4.79 Å². The lowest BCUT2D eigenvalue weighted by atomic mass is 10.1. The lowest BCUT2D eigenvalue weighted by molar-refractivity contribution is 0.0523. The molecule has 0 amide bonds. The fraction of sp³-hybridized carbons (Fsp3) is 0.222. The number of ether oxygens (including phenoxy) is 1. The third-order valence-corrected chi connectivity index (χ3v) is 2.52. The second-order valence-electron chi connectivity index (χ2n) is 2.52. The van der Waals surface area contributed by atoms with E-state index in [9.17, 15) is 9.59 Å². The predicted molar refractivity (Wildman–Crippen MR) is 58.3 cm³/mol. The van der Waals surface area contributed by atoms with E-state index in [1.54, 1.807) is 6.92 Å². The van der Waals surface area contributed by atoms with Gasteiger partial charge in [-0.1, -0.05) is 11.6 Å². The van der Waals surface area contributed by atoms with E-state index in [2.05, 4.69) is 20.9 Å². The minimum Gasteiger partial charge on any atom is -0.462 e. The highest BCUT2D eigenvalue weighted by Crippen LogP contribution is 2.24. The minimum atomic E-state index is -0.601. The number of pyridine rings is 1. The van der Waals surface area contributed by atoms with Gasteiger partial charge in [0.25, 0.3) is 0 Å². The van der Waals surface area contributed by atoms with Gasteiger partial charge < -0.3 is 4.74 Å². The molecule has 1 rings (SSSR count). The SMILES string of the molecule is CCOC(=O)c1c(Br)cnc(Cl)c1C=O. The Bertz CT molecular complexity index is 409. The number of hydrogen-bond donors (Lipinski definition) is 0. The average molecular weight is 293 g/mol. The van der Waals surface area contributed by atoms with Gasteiger partial charge in [0.2, 0.25) is 0 Å². The maximum Gasteiger partial charge on any atom is 0.340 e. The van der Waals surface area contributed by atoms with Crippen LogP contribution in [0.4, 0.5) is 0 Å². The molecule has 0 spiro atoms. The van der Waals surface area contributed by atoms with Crippen LogP contribution in [0.5, 0.6) is 0 Å². The first-order valence-electron chi connectivity index (χ1n) is 4.08. The molecular formula is C9H7BrClNO3. The van der Waals surface area contributed by atoms with Gasteiger partial charge in [-0.2, -0.15) is 0 Å². The van der Waals surface area contributed by atoms with Gasteiger partial charge in [-0.15, -0.1) is 0 Å². The molecule has 0 aliphatic heterocycles. The number of rotatable bonds is 3.